The van der Waals surface area contributed by atoms with Crippen molar-refractivity contribution in [3.63, 3.8) is 0 Å². The first-order chi connectivity index (χ1) is 10.5. The number of carboxylic acids is 1. The summed E-state index contributed by atoms with van der Waals surface area (Å²) in [7, 11) is 0. The average molecular weight is 320 g/mol. The molecule has 114 valence electrons. The number of halogens is 1. The summed E-state index contributed by atoms with van der Waals surface area (Å²) in [4.78, 5) is 25.3. The molecule has 0 aliphatic carbocycles. The lowest BCUT2D eigenvalue weighted by atomic mass is 10.1. The number of fused-ring (bicyclic) bond motifs is 1. The number of aryl methyl sites for hydroxylation is 1. The third-order valence-corrected chi connectivity index (χ3v) is 4.04. The molecule has 1 aromatic heterocycles. The molecular weight excluding hydrogens is 306 g/mol. The fourth-order valence-corrected chi connectivity index (χ4v) is 2.86. The van der Waals surface area contributed by atoms with E-state index in [2.05, 4.69) is 5.10 Å². The molecule has 1 aliphatic rings. The van der Waals surface area contributed by atoms with Crippen LogP contribution < -0.4 is 0 Å². The summed E-state index contributed by atoms with van der Waals surface area (Å²) in [5, 5.41) is 13.4. The van der Waals surface area contributed by atoms with Gasteiger partial charge in [0.15, 0.2) is 0 Å². The van der Waals surface area contributed by atoms with Crippen molar-refractivity contribution >= 4 is 23.5 Å². The van der Waals surface area contributed by atoms with Crippen molar-refractivity contribution in [1.82, 2.24) is 14.7 Å². The highest BCUT2D eigenvalue weighted by atomic mass is 35.5. The van der Waals surface area contributed by atoms with E-state index in [1.807, 2.05) is 6.92 Å². The zero-order valence-electron chi connectivity index (χ0n) is 11.9. The minimum absolute atomic E-state index is 0.197. The molecule has 22 heavy (non-hydrogen) atoms. The van der Waals surface area contributed by atoms with E-state index in [1.165, 1.54) is 6.20 Å². The van der Waals surface area contributed by atoms with Gasteiger partial charge in [0.25, 0.3) is 5.91 Å². The second-order valence-electron chi connectivity index (χ2n) is 5.11. The van der Waals surface area contributed by atoms with E-state index in [-0.39, 0.29) is 11.5 Å². The number of hydrogen-bond acceptors (Lipinski definition) is 3. The molecule has 2 aromatic rings. The number of nitrogens with zero attached hydrogens (tertiary/aromatic N) is 3. The van der Waals surface area contributed by atoms with Crippen LogP contribution in [0.4, 0.5) is 0 Å². The fourth-order valence-electron chi connectivity index (χ4n) is 2.64. The van der Waals surface area contributed by atoms with Gasteiger partial charge < -0.3 is 10.0 Å². The summed E-state index contributed by atoms with van der Waals surface area (Å²) in [5.41, 5.74) is 2.41. The Balaban J connectivity index is 1.88. The predicted octanol–water partition coefficient (Wildman–Crippen LogP) is 2.41. The Morgan fingerprint density at radius 3 is 2.73 bits per heavy atom. The molecule has 3 rings (SSSR count). The first-order valence-electron chi connectivity index (χ1n) is 6.87. The molecule has 0 bridgehead atoms. The molecule has 6 nitrogen and oxygen atoms in total. The molecule has 1 aromatic carbocycles. The van der Waals surface area contributed by atoms with Gasteiger partial charge in [-0.05, 0) is 30.2 Å². The lowest BCUT2D eigenvalue weighted by Gasteiger charge is -2.16. The van der Waals surface area contributed by atoms with Crippen LogP contribution in [0.2, 0.25) is 5.02 Å². The number of carbonyl (C=O) groups excluding carboxylic acids is 1. The highest BCUT2D eigenvalue weighted by molar-refractivity contribution is 6.33. The number of amides is 1. The van der Waals surface area contributed by atoms with Crippen LogP contribution in [0, 0.1) is 0 Å². The summed E-state index contributed by atoms with van der Waals surface area (Å²) in [6.07, 6.45) is 1.46. The van der Waals surface area contributed by atoms with E-state index in [0.717, 1.165) is 11.1 Å². The average Bonchev–Trinajstić information content (AvgIpc) is 3.08. The van der Waals surface area contributed by atoms with Gasteiger partial charge >= 0.3 is 5.97 Å². The Morgan fingerprint density at radius 2 is 2.05 bits per heavy atom. The van der Waals surface area contributed by atoms with Gasteiger partial charge in [-0.25, -0.2) is 4.79 Å². The normalized spacial score (nSPS) is 13.3. The van der Waals surface area contributed by atoms with Crippen LogP contribution in [-0.2, 0) is 19.6 Å². The Kier molecular flexibility index (Phi) is 3.62. The lowest BCUT2D eigenvalue weighted by Crippen LogP contribution is -2.28. The van der Waals surface area contributed by atoms with Crippen LogP contribution >= 0.6 is 11.6 Å². The van der Waals surface area contributed by atoms with Gasteiger partial charge in [-0.2, -0.15) is 5.10 Å². The molecule has 1 aliphatic heterocycles. The van der Waals surface area contributed by atoms with E-state index in [1.54, 1.807) is 27.8 Å². The monoisotopic (exact) mass is 319 g/mol. The molecule has 7 heteroatoms. The maximum absolute atomic E-state index is 12.7. The predicted molar refractivity (Wildman–Crippen MR) is 79.9 cm³/mol. The second kappa shape index (κ2) is 5.46. The summed E-state index contributed by atoms with van der Waals surface area (Å²) < 4.78 is 1.57. The maximum Gasteiger partial charge on any atom is 0.335 e. The molecule has 0 unspecified atom stereocenters. The smallest absolute Gasteiger partial charge is 0.335 e. The molecule has 0 atom stereocenters. The summed E-state index contributed by atoms with van der Waals surface area (Å²) in [6, 6.07) is 4.92. The molecule has 1 N–H and O–H groups in total. The Morgan fingerprint density at radius 1 is 1.32 bits per heavy atom. The molecular formula is C15H14ClN3O3. The van der Waals surface area contributed by atoms with Crippen molar-refractivity contribution in [2.45, 2.75) is 26.6 Å². The molecule has 0 saturated carbocycles. The molecule has 0 saturated heterocycles. The lowest BCUT2D eigenvalue weighted by molar-refractivity contribution is 0.0696. The highest BCUT2D eigenvalue weighted by Crippen LogP contribution is 2.27. The summed E-state index contributed by atoms with van der Waals surface area (Å²) >= 11 is 6.07. The first-order valence-corrected chi connectivity index (χ1v) is 7.24. The van der Waals surface area contributed by atoms with Crippen LogP contribution in [0.15, 0.2) is 24.4 Å². The molecule has 1 amide bonds. The Bertz CT molecular complexity index is 769. The maximum atomic E-state index is 12.7. The standard InChI is InChI=1S/C15H14ClN3O3/c1-2-19-13(12(16)6-17-19)14(20)18-7-10-4-3-9(15(21)22)5-11(10)8-18/h3-6H,2,7-8H2,1H3,(H,21,22). The minimum Gasteiger partial charge on any atom is -0.478 e. The zero-order valence-corrected chi connectivity index (χ0v) is 12.7. The van der Waals surface area contributed by atoms with Crippen molar-refractivity contribution in [2.24, 2.45) is 0 Å². The van der Waals surface area contributed by atoms with Crippen molar-refractivity contribution in [3.8, 4) is 0 Å². The van der Waals surface area contributed by atoms with Crippen molar-refractivity contribution in [2.75, 3.05) is 0 Å². The van der Waals surface area contributed by atoms with Crippen LogP contribution in [0.5, 0.6) is 0 Å². The zero-order chi connectivity index (χ0) is 15.9. The largest absolute Gasteiger partial charge is 0.478 e. The highest BCUT2D eigenvalue weighted by Gasteiger charge is 2.28. The number of hydrogen-bond donors (Lipinski definition) is 1. The van der Waals surface area contributed by atoms with Crippen molar-refractivity contribution in [1.29, 1.82) is 0 Å². The summed E-state index contributed by atoms with van der Waals surface area (Å²) in [6.45, 7) is 3.26. The number of benzene rings is 1. The van der Waals surface area contributed by atoms with Gasteiger partial charge in [-0.15, -0.1) is 0 Å². The fraction of sp³-hybridized carbons (Fsp3) is 0.267. The molecule has 2 heterocycles. The SMILES string of the molecule is CCn1ncc(Cl)c1C(=O)N1Cc2ccc(C(=O)O)cc2C1. The van der Waals surface area contributed by atoms with Gasteiger partial charge in [0.1, 0.15) is 5.69 Å². The quantitative estimate of drug-likeness (QED) is 0.942. The van der Waals surface area contributed by atoms with Gasteiger partial charge in [-0.1, -0.05) is 17.7 Å². The van der Waals surface area contributed by atoms with Crippen LogP contribution in [0.1, 0.15) is 38.9 Å². The summed E-state index contributed by atoms with van der Waals surface area (Å²) in [5.74, 6) is -1.17. The topological polar surface area (TPSA) is 75.4 Å². The molecule has 0 fully saturated rings. The van der Waals surface area contributed by atoms with Gasteiger partial charge in [0, 0.05) is 19.6 Å². The van der Waals surface area contributed by atoms with Crippen molar-refractivity contribution in [3.05, 3.63) is 51.8 Å². The Hall–Kier alpha value is -2.34. The number of aromatic nitrogens is 2. The third kappa shape index (κ3) is 2.35. The Labute approximate surface area is 131 Å². The number of rotatable bonds is 3. The number of carboxylic acid groups (broad SMARTS) is 1. The van der Waals surface area contributed by atoms with Gasteiger partial charge in [0.05, 0.1) is 16.8 Å². The van der Waals surface area contributed by atoms with Gasteiger partial charge in [0.2, 0.25) is 0 Å². The minimum atomic E-state index is -0.973. The van der Waals surface area contributed by atoms with Gasteiger partial charge in [-0.3, -0.25) is 9.48 Å². The van der Waals surface area contributed by atoms with E-state index < -0.39 is 5.97 Å². The van der Waals surface area contributed by atoms with Crippen molar-refractivity contribution < 1.29 is 14.7 Å². The van der Waals surface area contributed by atoms with E-state index in [9.17, 15) is 9.59 Å². The molecule has 0 spiro atoms. The van der Waals surface area contributed by atoms with Crippen LogP contribution in [-0.4, -0.2) is 31.7 Å². The second-order valence-corrected chi connectivity index (χ2v) is 5.51. The van der Waals surface area contributed by atoms with E-state index in [0.29, 0.717) is 30.4 Å². The van der Waals surface area contributed by atoms with E-state index in [4.69, 9.17) is 16.7 Å². The van der Waals surface area contributed by atoms with Crippen LogP contribution in [0.3, 0.4) is 0 Å². The first kappa shape index (κ1) is 14.6. The molecule has 0 radical (unpaired) electrons. The van der Waals surface area contributed by atoms with E-state index >= 15 is 0 Å². The van der Waals surface area contributed by atoms with Crippen LogP contribution in [0.25, 0.3) is 0 Å². The number of aromatic carboxylic acids is 1. The third-order valence-electron chi connectivity index (χ3n) is 3.76. The number of carbonyl (C=O) groups is 2.